The summed E-state index contributed by atoms with van der Waals surface area (Å²) in [6, 6.07) is 22.9. The van der Waals surface area contributed by atoms with Crippen molar-refractivity contribution in [2.45, 2.75) is 51.7 Å². The lowest BCUT2D eigenvalue weighted by atomic mass is 9.95. The second-order valence-electron chi connectivity index (χ2n) is 9.38. The van der Waals surface area contributed by atoms with Gasteiger partial charge in [-0.15, -0.1) is 11.3 Å². The fraction of sp³-hybridized carbons (Fsp3) is 0.276. The van der Waals surface area contributed by atoms with Crippen LogP contribution < -0.4 is 5.32 Å². The van der Waals surface area contributed by atoms with Gasteiger partial charge < -0.3 is 14.8 Å². The largest absolute Gasteiger partial charge is 0.334 e. The van der Waals surface area contributed by atoms with Crippen LogP contribution in [0.2, 0.25) is 0 Å². The van der Waals surface area contributed by atoms with Crippen molar-refractivity contribution in [2.24, 2.45) is 0 Å². The van der Waals surface area contributed by atoms with Gasteiger partial charge in [0.25, 0.3) is 0 Å². The number of aryl methyl sites for hydroxylation is 2. The fourth-order valence-electron chi connectivity index (χ4n) is 5.36. The molecule has 1 unspecified atom stereocenters. The van der Waals surface area contributed by atoms with Crippen molar-refractivity contribution >= 4 is 17.4 Å². The van der Waals surface area contributed by atoms with Crippen molar-refractivity contribution in [3.8, 4) is 5.00 Å². The van der Waals surface area contributed by atoms with Gasteiger partial charge in [0.15, 0.2) is 0 Å². The highest BCUT2D eigenvalue weighted by Crippen LogP contribution is 2.43. The van der Waals surface area contributed by atoms with Gasteiger partial charge in [-0.2, -0.15) is 0 Å². The number of carbonyl (C=O) groups excluding carboxylic acids is 1. The molecule has 172 valence electrons. The number of carbonyl (C=O) groups is 1. The average molecular weight is 468 g/mol. The number of urea groups is 1. The van der Waals surface area contributed by atoms with E-state index >= 15 is 0 Å². The number of fused-ring (bicyclic) bond motifs is 5. The van der Waals surface area contributed by atoms with Crippen LogP contribution in [0.1, 0.15) is 57.3 Å². The van der Waals surface area contributed by atoms with Crippen molar-refractivity contribution in [3.63, 3.8) is 0 Å². The summed E-state index contributed by atoms with van der Waals surface area (Å²) >= 11 is 1.93. The number of benzene rings is 2. The molecule has 1 aliphatic heterocycles. The third-order valence-corrected chi connectivity index (χ3v) is 8.45. The van der Waals surface area contributed by atoms with Crippen LogP contribution in [0.3, 0.4) is 0 Å². The molecule has 4 nitrogen and oxygen atoms in total. The molecule has 2 amide bonds. The summed E-state index contributed by atoms with van der Waals surface area (Å²) in [6.07, 6.45) is 6.94. The second kappa shape index (κ2) is 8.80. The normalized spacial score (nSPS) is 16.9. The zero-order valence-corrected chi connectivity index (χ0v) is 20.3. The first-order chi connectivity index (χ1) is 16.7. The maximum Gasteiger partial charge on any atom is 0.318 e. The van der Waals surface area contributed by atoms with E-state index in [0.29, 0.717) is 13.1 Å². The monoisotopic (exact) mass is 467 g/mol. The summed E-state index contributed by atoms with van der Waals surface area (Å²) in [6.45, 7) is 3.23. The van der Waals surface area contributed by atoms with Gasteiger partial charge in [0.05, 0.1) is 18.3 Å². The molecule has 3 heterocycles. The Labute approximate surface area is 204 Å². The molecule has 1 atom stereocenters. The van der Waals surface area contributed by atoms with Crippen LogP contribution in [0.4, 0.5) is 4.79 Å². The maximum absolute atomic E-state index is 13.8. The highest BCUT2D eigenvalue weighted by atomic mass is 32.1. The zero-order valence-electron chi connectivity index (χ0n) is 19.5. The van der Waals surface area contributed by atoms with Crippen LogP contribution in [0.5, 0.6) is 0 Å². The first-order valence-electron chi connectivity index (χ1n) is 12.1. The molecule has 0 saturated carbocycles. The summed E-state index contributed by atoms with van der Waals surface area (Å²) < 4.78 is 2.34. The van der Waals surface area contributed by atoms with Gasteiger partial charge in [-0.1, -0.05) is 60.2 Å². The number of hydrogen-bond donors (Lipinski definition) is 1. The van der Waals surface area contributed by atoms with E-state index in [-0.39, 0.29) is 12.1 Å². The van der Waals surface area contributed by atoms with E-state index in [4.69, 9.17) is 0 Å². The first-order valence-corrected chi connectivity index (χ1v) is 13.0. The maximum atomic E-state index is 13.8. The standard InChI is InChI=1S/C29H29N3OS/c1-20-13-15-21(16-14-20)18-30-29(33)32-19-24-23-10-5-6-12-26(23)34-28(24)31-17-7-11-25(31)27(32)22-8-3-2-4-9-22/h2-4,7-9,11,13-17,27H,5-6,10,12,18-19H2,1H3,(H,30,33). The van der Waals surface area contributed by atoms with Gasteiger partial charge in [-0.05, 0) is 61.4 Å². The molecule has 1 N–H and O–H groups in total. The molecule has 0 bridgehead atoms. The van der Waals surface area contributed by atoms with Crippen molar-refractivity contribution in [1.29, 1.82) is 0 Å². The predicted octanol–water partition coefficient (Wildman–Crippen LogP) is 6.54. The van der Waals surface area contributed by atoms with E-state index < -0.39 is 0 Å². The summed E-state index contributed by atoms with van der Waals surface area (Å²) in [5.41, 5.74) is 7.44. The molecular formula is C29H29N3OS. The molecule has 2 aliphatic rings. The first kappa shape index (κ1) is 21.2. The van der Waals surface area contributed by atoms with E-state index in [2.05, 4.69) is 83.7 Å². The summed E-state index contributed by atoms with van der Waals surface area (Å²) in [5, 5.41) is 4.52. The zero-order chi connectivity index (χ0) is 23.1. The Hall–Kier alpha value is -3.31. The third kappa shape index (κ3) is 3.74. The van der Waals surface area contributed by atoms with E-state index in [1.807, 2.05) is 22.3 Å². The minimum absolute atomic E-state index is 0.0224. The second-order valence-corrected chi connectivity index (χ2v) is 10.5. The van der Waals surface area contributed by atoms with Gasteiger partial charge in [0, 0.05) is 23.2 Å². The number of thiophene rings is 1. The molecule has 5 heteroatoms. The van der Waals surface area contributed by atoms with Gasteiger partial charge >= 0.3 is 6.03 Å². The number of rotatable bonds is 3. The van der Waals surface area contributed by atoms with Gasteiger partial charge in [-0.25, -0.2) is 4.79 Å². The van der Waals surface area contributed by atoms with Crippen LogP contribution >= 0.6 is 11.3 Å². The number of nitrogens with zero attached hydrogens (tertiary/aromatic N) is 2. The van der Waals surface area contributed by atoms with Crippen LogP contribution in [-0.2, 0) is 25.9 Å². The smallest absolute Gasteiger partial charge is 0.318 e. The van der Waals surface area contributed by atoms with Crippen LogP contribution in [0.15, 0.2) is 72.9 Å². The fourth-order valence-corrected chi connectivity index (χ4v) is 6.76. The van der Waals surface area contributed by atoms with Crippen molar-refractivity contribution < 1.29 is 4.79 Å². The molecule has 0 radical (unpaired) electrons. The Morgan fingerprint density at radius 1 is 0.971 bits per heavy atom. The number of amides is 2. The molecule has 34 heavy (non-hydrogen) atoms. The highest BCUT2D eigenvalue weighted by Gasteiger charge is 2.35. The molecular weight excluding hydrogens is 438 g/mol. The minimum atomic E-state index is -0.145. The molecule has 0 saturated heterocycles. The number of nitrogens with one attached hydrogen (secondary N) is 1. The van der Waals surface area contributed by atoms with Crippen molar-refractivity contribution in [3.05, 3.63) is 111 Å². The topological polar surface area (TPSA) is 37.3 Å². The summed E-state index contributed by atoms with van der Waals surface area (Å²) in [7, 11) is 0. The summed E-state index contributed by atoms with van der Waals surface area (Å²) in [5.74, 6) is 0. The van der Waals surface area contributed by atoms with Gasteiger partial charge in [-0.3, -0.25) is 0 Å². The Morgan fingerprint density at radius 2 is 1.76 bits per heavy atom. The van der Waals surface area contributed by atoms with Crippen LogP contribution in [-0.4, -0.2) is 15.5 Å². The lowest BCUT2D eigenvalue weighted by Gasteiger charge is -2.31. The van der Waals surface area contributed by atoms with Crippen LogP contribution in [0, 0.1) is 6.92 Å². The van der Waals surface area contributed by atoms with E-state index in [1.165, 1.54) is 39.4 Å². The van der Waals surface area contributed by atoms with Gasteiger partial charge in [0.1, 0.15) is 5.00 Å². The Morgan fingerprint density at radius 3 is 2.59 bits per heavy atom. The summed E-state index contributed by atoms with van der Waals surface area (Å²) in [4.78, 5) is 17.4. The number of hydrogen-bond acceptors (Lipinski definition) is 2. The molecule has 6 rings (SSSR count). The SMILES string of the molecule is Cc1ccc(CNC(=O)N2Cc3c(sc4c3CCCC4)-n3cccc3C2c2ccccc2)cc1. The Kier molecular flexibility index (Phi) is 5.50. The minimum Gasteiger partial charge on any atom is -0.334 e. The lowest BCUT2D eigenvalue weighted by Crippen LogP contribution is -2.41. The lowest BCUT2D eigenvalue weighted by molar-refractivity contribution is 0.180. The molecule has 4 aromatic rings. The molecule has 0 spiro atoms. The molecule has 2 aromatic carbocycles. The third-order valence-electron chi connectivity index (χ3n) is 7.12. The predicted molar refractivity (Wildman–Crippen MR) is 138 cm³/mol. The molecule has 1 aliphatic carbocycles. The number of aromatic nitrogens is 1. The Bertz CT molecular complexity index is 1320. The van der Waals surface area contributed by atoms with Crippen LogP contribution in [0.25, 0.3) is 5.00 Å². The quantitative estimate of drug-likeness (QED) is 0.365. The van der Waals surface area contributed by atoms with E-state index in [9.17, 15) is 4.79 Å². The highest BCUT2D eigenvalue weighted by molar-refractivity contribution is 7.15. The molecule has 2 aromatic heterocycles. The Balaban J connectivity index is 1.42. The van der Waals surface area contributed by atoms with Gasteiger partial charge in [0.2, 0.25) is 0 Å². The average Bonchev–Trinajstić information content (AvgIpc) is 3.46. The van der Waals surface area contributed by atoms with Crippen molar-refractivity contribution in [2.75, 3.05) is 0 Å². The van der Waals surface area contributed by atoms with E-state index in [0.717, 1.165) is 29.7 Å². The van der Waals surface area contributed by atoms with Crippen molar-refractivity contribution in [1.82, 2.24) is 14.8 Å². The molecule has 0 fully saturated rings. The van der Waals surface area contributed by atoms with E-state index in [1.54, 1.807) is 0 Å².